The summed E-state index contributed by atoms with van der Waals surface area (Å²) in [6.45, 7) is 8.32. The second kappa shape index (κ2) is 32.3. The molecule has 1 unspecified atom stereocenters. The van der Waals surface area contributed by atoms with Crippen LogP contribution in [0, 0.1) is 11.8 Å². The molecule has 0 rings (SSSR count). The SMILES string of the molecule is CCC(C)CCCCCCCCC(=O)O[C@H](COC(=O)CCCCCCCCCCCCCCCCCCC(C)C)COP(=O)(O)O. The van der Waals surface area contributed by atoms with Crippen molar-refractivity contribution in [3.8, 4) is 0 Å². The first-order valence-corrected chi connectivity index (χ1v) is 21.1. The quantitative estimate of drug-likeness (QED) is 0.0383. The van der Waals surface area contributed by atoms with Gasteiger partial charge in [-0.1, -0.05) is 175 Å². The third-order valence-corrected chi connectivity index (χ3v) is 9.58. The van der Waals surface area contributed by atoms with E-state index in [-0.39, 0.29) is 19.4 Å². The summed E-state index contributed by atoms with van der Waals surface area (Å²) in [6, 6.07) is 0. The van der Waals surface area contributed by atoms with E-state index < -0.39 is 32.5 Å². The highest BCUT2D eigenvalue weighted by Gasteiger charge is 2.22. The van der Waals surface area contributed by atoms with Crippen molar-refractivity contribution >= 4 is 19.8 Å². The van der Waals surface area contributed by atoms with E-state index in [0.29, 0.717) is 6.42 Å². The Labute approximate surface area is 289 Å². The van der Waals surface area contributed by atoms with Gasteiger partial charge in [0.2, 0.25) is 0 Å². The minimum Gasteiger partial charge on any atom is -0.462 e. The summed E-state index contributed by atoms with van der Waals surface area (Å²) in [5.41, 5.74) is 0. The molecule has 0 amide bonds. The number of ether oxygens (including phenoxy) is 2. The Morgan fingerprint density at radius 2 is 0.936 bits per heavy atom. The van der Waals surface area contributed by atoms with Crippen LogP contribution in [0.15, 0.2) is 0 Å². The molecule has 0 spiro atoms. The van der Waals surface area contributed by atoms with Gasteiger partial charge in [-0.3, -0.25) is 14.1 Å². The highest BCUT2D eigenvalue weighted by molar-refractivity contribution is 7.46. The van der Waals surface area contributed by atoms with Gasteiger partial charge in [0.15, 0.2) is 6.10 Å². The lowest BCUT2D eigenvalue weighted by Gasteiger charge is -2.18. The molecule has 0 fully saturated rings. The maximum atomic E-state index is 12.3. The second-order valence-corrected chi connectivity index (χ2v) is 15.6. The maximum absolute atomic E-state index is 12.3. The molecule has 0 bridgehead atoms. The van der Waals surface area contributed by atoms with E-state index >= 15 is 0 Å². The van der Waals surface area contributed by atoms with Gasteiger partial charge in [0, 0.05) is 12.8 Å². The van der Waals surface area contributed by atoms with Crippen molar-refractivity contribution in [2.45, 2.75) is 207 Å². The van der Waals surface area contributed by atoms with E-state index in [2.05, 4.69) is 32.2 Å². The van der Waals surface area contributed by atoms with Gasteiger partial charge in [0.05, 0.1) is 6.61 Å². The van der Waals surface area contributed by atoms with Crippen LogP contribution in [0.4, 0.5) is 0 Å². The van der Waals surface area contributed by atoms with Crippen LogP contribution in [0.1, 0.15) is 201 Å². The van der Waals surface area contributed by atoms with Crippen molar-refractivity contribution in [3.63, 3.8) is 0 Å². The van der Waals surface area contributed by atoms with Crippen LogP contribution in [0.5, 0.6) is 0 Å². The fourth-order valence-electron chi connectivity index (χ4n) is 5.77. The molecule has 0 saturated carbocycles. The lowest BCUT2D eigenvalue weighted by atomic mass is 10.00. The number of phosphoric ester groups is 1. The van der Waals surface area contributed by atoms with Gasteiger partial charge in [-0.05, 0) is 24.7 Å². The van der Waals surface area contributed by atoms with E-state index in [4.69, 9.17) is 19.3 Å². The number of rotatable bonds is 35. The zero-order chi connectivity index (χ0) is 35.0. The fourth-order valence-corrected chi connectivity index (χ4v) is 6.13. The zero-order valence-electron chi connectivity index (χ0n) is 31.0. The summed E-state index contributed by atoms with van der Waals surface area (Å²) >= 11 is 0. The van der Waals surface area contributed by atoms with Crippen LogP contribution in [0.25, 0.3) is 0 Å². The standard InChI is InChI=1S/C38H75O8P/c1-5-35(4)29-25-21-18-19-23-27-31-38(40)46-36(33-45-47(41,42)43)32-44-37(39)30-26-22-17-15-13-11-9-7-6-8-10-12-14-16-20-24-28-34(2)3/h34-36H,5-33H2,1-4H3,(H2,41,42,43)/t35?,36-/m1/s1. The summed E-state index contributed by atoms with van der Waals surface area (Å²) in [7, 11) is -4.74. The van der Waals surface area contributed by atoms with Gasteiger partial charge in [-0.2, -0.15) is 0 Å². The normalized spacial score (nSPS) is 13.2. The Morgan fingerprint density at radius 3 is 1.34 bits per heavy atom. The van der Waals surface area contributed by atoms with Crippen LogP contribution in [-0.2, 0) is 28.2 Å². The molecule has 0 heterocycles. The average Bonchev–Trinajstić information content (AvgIpc) is 3.02. The molecule has 0 saturated heterocycles. The minimum absolute atomic E-state index is 0.214. The molecule has 47 heavy (non-hydrogen) atoms. The third-order valence-electron chi connectivity index (χ3n) is 9.09. The molecule has 0 aliphatic carbocycles. The number of unbranched alkanes of at least 4 members (excludes halogenated alkanes) is 20. The number of hydrogen-bond acceptors (Lipinski definition) is 6. The summed E-state index contributed by atoms with van der Waals surface area (Å²) < 4.78 is 26.3. The number of hydrogen-bond donors (Lipinski definition) is 2. The fraction of sp³-hybridized carbons (Fsp3) is 0.947. The van der Waals surface area contributed by atoms with Crippen molar-refractivity contribution in [1.29, 1.82) is 0 Å². The molecule has 0 aromatic heterocycles. The molecule has 0 aromatic carbocycles. The van der Waals surface area contributed by atoms with Gasteiger partial charge < -0.3 is 19.3 Å². The Bertz CT molecular complexity index is 769. The Morgan fingerprint density at radius 1 is 0.553 bits per heavy atom. The molecule has 9 heteroatoms. The Kier molecular flexibility index (Phi) is 31.6. The molecule has 0 radical (unpaired) electrons. The van der Waals surface area contributed by atoms with E-state index in [1.54, 1.807) is 0 Å². The Balaban J connectivity index is 3.85. The molecule has 0 aliphatic rings. The first kappa shape index (κ1) is 46.0. The van der Waals surface area contributed by atoms with Gasteiger partial charge in [-0.25, -0.2) is 4.57 Å². The average molecular weight is 691 g/mol. The van der Waals surface area contributed by atoms with Crippen molar-refractivity contribution < 1.29 is 37.9 Å². The number of carbonyl (C=O) groups is 2. The second-order valence-electron chi connectivity index (χ2n) is 14.3. The van der Waals surface area contributed by atoms with Crippen LogP contribution in [-0.4, -0.2) is 41.0 Å². The third kappa shape index (κ3) is 36.2. The predicted octanol–water partition coefficient (Wildman–Crippen LogP) is 11.4. The molecule has 0 aromatic rings. The molecular weight excluding hydrogens is 615 g/mol. The predicted molar refractivity (Wildman–Crippen MR) is 193 cm³/mol. The number of carbonyl (C=O) groups excluding carboxylic acids is 2. The molecular formula is C38H75O8P. The highest BCUT2D eigenvalue weighted by atomic mass is 31.2. The Hall–Kier alpha value is -0.950. The summed E-state index contributed by atoms with van der Waals surface area (Å²) in [5.74, 6) is 0.748. The molecule has 280 valence electrons. The minimum atomic E-state index is -4.74. The summed E-state index contributed by atoms with van der Waals surface area (Å²) in [4.78, 5) is 42.6. The van der Waals surface area contributed by atoms with Crippen molar-refractivity contribution in [2.24, 2.45) is 11.8 Å². The number of phosphoric acid groups is 1. The molecule has 2 N–H and O–H groups in total. The summed E-state index contributed by atoms with van der Waals surface area (Å²) in [6.07, 6.45) is 29.9. The maximum Gasteiger partial charge on any atom is 0.469 e. The van der Waals surface area contributed by atoms with Crippen LogP contribution < -0.4 is 0 Å². The molecule has 0 aliphatic heterocycles. The smallest absolute Gasteiger partial charge is 0.462 e. The van der Waals surface area contributed by atoms with Gasteiger partial charge in [-0.15, -0.1) is 0 Å². The first-order chi connectivity index (χ1) is 22.5. The largest absolute Gasteiger partial charge is 0.469 e. The lowest BCUT2D eigenvalue weighted by Crippen LogP contribution is -2.29. The van der Waals surface area contributed by atoms with Gasteiger partial charge >= 0.3 is 19.8 Å². The monoisotopic (exact) mass is 691 g/mol. The van der Waals surface area contributed by atoms with Crippen LogP contribution in [0.3, 0.4) is 0 Å². The van der Waals surface area contributed by atoms with Crippen molar-refractivity contribution in [2.75, 3.05) is 13.2 Å². The van der Waals surface area contributed by atoms with E-state index in [9.17, 15) is 14.2 Å². The van der Waals surface area contributed by atoms with Gasteiger partial charge in [0.25, 0.3) is 0 Å². The van der Waals surface area contributed by atoms with Crippen molar-refractivity contribution in [3.05, 3.63) is 0 Å². The first-order valence-electron chi connectivity index (χ1n) is 19.6. The van der Waals surface area contributed by atoms with Crippen molar-refractivity contribution in [1.82, 2.24) is 0 Å². The summed E-state index contributed by atoms with van der Waals surface area (Å²) in [5, 5.41) is 0. The van der Waals surface area contributed by atoms with E-state index in [0.717, 1.165) is 50.4 Å². The lowest BCUT2D eigenvalue weighted by molar-refractivity contribution is -0.161. The van der Waals surface area contributed by atoms with Crippen LogP contribution >= 0.6 is 7.82 Å². The van der Waals surface area contributed by atoms with E-state index in [1.807, 2.05) is 0 Å². The number of esters is 2. The zero-order valence-corrected chi connectivity index (χ0v) is 31.9. The molecule has 2 atom stereocenters. The highest BCUT2D eigenvalue weighted by Crippen LogP contribution is 2.36. The molecule has 8 nitrogen and oxygen atoms in total. The van der Waals surface area contributed by atoms with Crippen LogP contribution in [0.2, 0.25) is 0 Å². The van der Waals surface area contributed by atoms with E-state index in [1.165, 1.54) is 116 Å². The topological polar surface area (TPSA) is 119 Å². The van der Waals surface area contributed by atoms with Gasteiger partial charge in [0.1, 0.15) is 6.61 Å².